The second-order valence-electron chi connectivity index (χ2n) is 7.56. The van der Waals surface area contributed by atoms with Crippen molar-refractivity contribution in [2.75, 3.05) is 61.1 Å². The maximum atomic E-state index is 12.9. The second kappa shape index (κ2) is 10.1. The van der Waals surface area contributed by atoms with E-state index in [4.69, 9.17) is 4.74 Å². The van der Waals surface area contributed by atoms with Gasteiger partial charge in [-0.25, -0.2) is 0 Å². The Bertz CT molecular complexity index is 943. The molecule has 2 aliphatic heterocycles. The van der Waals surface area contributed by atoms with E-state index in [9.17, 15) is 14.9 Å². The van der Waals surface area contributed by atoms with Crippen LogP contribution < -0.4 is 10.2 Å². The molecule has 0 radical (unpaired) electrons. The summed E-state index contributed by atoms with van der Waals surface area (Å²) in [5.74, 6) is 1.89. The van der Waals surface area contributed by atoms with Gasteiger partial charge in [0.2, 0.25) is 0 Å². The lowest BCUT2D eigenvalue weighted by molar-refractivity contribution is -0.384. The number of rotatable bonds is 6. The first-order chi connectivity index (χ1) is 15.1. The summed E-state index contributed by atoms with van der Waals surface area (Å²) in [6, 6.07) is 12.4. The van der Waals surface area contributed by atoms with Crippen LogP contribution in [0.1, 0.15) is 15.9 Å². The van der Waals surface area contributed by atoms with Gasteiger partial charge in [-0.3, -0.25) is 19.8 Å². The van der Waals surface area contributed by atoms with Crippen molar-refractivity contribution in [3.05, 3.63) is 63.7 Å². The Hall–Kier alpha value is -2.62. The normalized spacial score (nSPS) is 17.4. The predicted octanol–water partition coefficient (Wildman–Crippen LogP) is 3.23. The number of amides is 1. The fourth-order valence-electron chi connectivity index (χ4n) is 3.86. The van der Waals surface area contributed by atoms with Crippen LogP contribution in [0.25, 0.3) is 0 Å². The molecular weight excluding hydrogens is 416 g/mol. The third-order valence-electron chi connectivity index (χ3n) is 5.55. The first-order valence-corrected chi connectivity index (χ1v) is 11.6. The molecule has 0 unspecified atom stereocenters. The Kier molecular flexibility index (Phi) is 7.06. The van der Waals surface area contributed by atoms with E-state index in [1.807, 2.05) is 40.9 Å². The number of nitro benzene ring substituents is 1. The van der Waals surface area contributed by atoms with Crippen molar-refractivity contribution < 1.29 is 14.5 Å². The van der Waals surface area contributed by atoms with Gasteiger partial charge in [-0.1, -0.05) is 18.2 Å². The third-order valence-corrected chi connectivity index (χ3v) is 6.49. The van der Waals surface area contributed by atoms with Crippen molar-refractivity contribution in [3.8, 4) is 0 Å². The molecule has 9 heteroatoms. The van der Waals surface area contributed by atoms with E-state index in [1.54, 1.807) is 12.1 Å². The smallest absolute Gasteiger partial charge is 0.293 e. The first-order valence-electron chi connectivity index (χ1n) is 10.4. The van der Waals surface area contributed by atoms with Crippen molar-refractivity contribution in [1.82, 2.24) is 4.90 Å². The zero-order valence-electron chi connectivity index (χ0n) is 17.3. The molecular formula is C22H26N4O4S. The highest BCUT2D eigenvalue weighted by Gasteiger charge is 2.23. The summed E-state index contributed by atoms with van der Waals surface area (Å²) in [6.07, 6.45) is 0. The van der Waals surface area contributed by atoms with Gasteiger partial charge in [0.1, 0.15) is 5.69 Å². The van der Waals surface area contributed by atoms with E-state index >= 15 is 0 Å². The van der Waals surface area contributed by atoms with Gasteiger partial charge in [0.25, 0.3) is 11.6 Å². The Morgan fingerprint density at radius 3 is 2.58 bits per heavy atom. The number of nitro groups is 1. The lowest BCUT2D eigenvalue weighted by Gasteiger charge is -2.28. The number of anilines is 2. The number of ether oxygens (including phenoxy) is 1. The first kappa shape index (κ1) is 21.6. The largest absolute Gasteiger partial charge is 0.378 e. The van der Waals surface area contributed by atoms with Crippen molar-refractivity contribution in [2.45, 2.75) is 6.54 Å². The van der Waals surface area contributed by atoms with Gasteiger partial charge in [0, 0.05) is 61.5 Å². The molecule has 8 nitrogen and oxygen atoms in total. The number of nitrogens with zero attached hydrogens (tertiary/aromatic N) is 3. The van der Waals surface area contributed by atoms with Gasteiger partial charge in [0.05, 0.1) is 18.1 Å². The zero-order chi connectivity index (χ0) is 21.6. The van der Waals surface area contributed by atoms with Crippen molar-refractivity contribution in [3.63, 3.8) is 0 Å². The Morgan fingerprint density at radius 1 is 1.10 bits per heavy atom. The number of morpholine rings is 1. The van der Waals surface area contributed by atoms with E-state index in [0.717, 1.165) is 42.4 Å². The van der Waals surface area contributed by atoms with Gasteiger partial charge in [0.15, 0.2) is 0 Å². The molecule has 2 aliphatic rings. The van der Waals surface area contributed by atoms with E-state index in [1.165, 1.54) is 6.07 Å². The van der Waals surface area contributed by atoms with Gasteiger partial charge >= 0.3 is 0 Å². The quantitative estimate of drug-likeness (QED) is 0.543. The highest BCUT2D eigenvalue weighted by atomic mass is 32.2. The lowest BCUT2D eigenvalue weighted by Crippen LogP contribution is -2.36. The third kappa shape index (κ3) is 5.36. The summed E-state index contributed by atoms with van der Waals surface area (Å²) in [5.41, 5.74) is 2.52. The summed E-state index contributed by atoms with van der Waals surface area (Å²) in [7, 11) is 0. The topological polar surface area (TPSA) is 88.0 Å². The van der Waals surface area contributed by atoms with Crippen LogP contribution in [0.15, 0.2) is 42.5 Å². The molecule has 2 heterocycles. The standard InChI is InChI=1S/C22H26N4O4S/c27-22(23-19-4-2-1-3-18(19)16-24-9-13-31-14-10-24)17-5-6-20(21(15-17)26(28)29)25-7-11-30-12-8-25/h1-6,15H,7-14,16H2,(H,23,27). The minimum Gasteiger partial charge on any atom is -0.378 e. The van der Waals surface area contributed by atoms with Crippen LogP contribution in [0.5, 0.6) is 0 Å². The Labute approximate surface area is 185 Å². The van der Waals surface area contributed by atoms with E-state index < -0.39 is 4.92 Å². The van der Waals surface area contributed by atoms with Crippen LogP contribution in [-0.2, 0) is 11.3 Å². The van der Waals surface area contributed by atoms with Crippen LogP contribution in [-0.4, -0.2) is 66.6 Å². The predicted molar refractivity (Wildman–Crippen MR) is 123 cm³/mol. The Balaban J connectivity index is 1.52. The molecule has 164 valence electrons. The summed E-state index contributed by atoms with van der Waals surface area (Å²) >= 11 is 1.96. The number of hydrogen-bond donors (Lipinski definition) is 1. The molecule has 0 saturated carbocycles. The van der Waals surface area contributed by atoms with Crippen molar-refractivity contribution in [1.29, 1.82) is 0 Å². The van der Waals surface area contributed by atoms with E-state index in [2.05, 4.69) is 10.2 Å². The maximum Gasteiger partial charge on any atom is 0.293 e. The van der Waals surface area contributed by atoms with Crippen LogP contribution in [0.3, 0.4) is 0 Å². The highest BCUT2D eigenvalue weighted by molar-refractivity contribution is 7.99. The number of carbonyl (C=O) groups is 1. The van der Waals surface area contributed by atoms with Gasteiger partial charge in [-0.2, -0.15) is 11.8 Å². The lowest BCUT2D eigenvalue weighted by atomic mass is 10.1. The summed E-state index contributed by atoms with van der Waals surface area (Å²) < 4.78 is 5.34. The molecule has 2 aromatic carbocycles. The average Bonchev–Trinajstić information content (AvgIpc) is 2.81. The van der Waals surface area contributed by atoms with Crippen molar-refractivity contribution >= 4 is 34.7 Å². The van der Waals surface area contributed by atoms with Gasteiger partial charge < -0.3 is 15.0 Å². The molecule has 0 bridgehead atoms. The van der Waals surface area contributed by atoms with Crippen LogP contribution in [0.4, 0.5) is 17.1 Å². The number of nitrogens with one attached hydrogen (secondary N) is 1. The molecule has 2 saturated heterocycles. The zero-order valence-corrected chi connectivity index (χ0v) is 18.1. The summed E-state index contributed by atoms with van der Waals surface area (Å²) in [4.78, 5) is 28.5. The number of carbonyl (C=O) groups excluding carboxylic acids is 1. The van der Waals surface area contributed by atoms with Crippen LogP contribution >= 0.6 is 11.8 Å². The molecule has 0 spiro atoms. The SMILES string of the molecule is O=C(Nc1ccccc1CN1CCSCC1)c1ccc(N2CCOCC2)c([N+](=O)[O-])c1. The average molecular weight is 443 g/mol. The molecule has 0 aromatic heterocycles. The van der Waals surface area contributed by atoms with Gasteiger partial charge in [-0.05, 0) is 23.8 Å². The van der Waals surface area contributed by atoms with E-state index in [-0.39, 0.29) is 17.2 Å². The molecule has 1 N–H and O–H groups in total. The van der Waals surface area contributed by atoms with E-state index in [0.29, 0.717) is 32.0 Å². The molecule has 0 aliphatic carbocycles. The number of benzene rings is 2. The fourth-order valence-corrected chi connectivity index (χ4v) is 4.84. The van der Waals surface area contributed by atoms with Crippen LogP contribution in [0, 0.1) is 10.1 Å². The molecule has 4 rings (SSSR count). The van der Waals surface area contributed by atoms with Gasteiger partial charge in [-0.15, -0.1) is 0 Å². The highest BCUT2D eigenvalue weighted by Crippen LogP contribution is 2.30. The van der Waals surface area contributed by atoms with Crippen molar-refractivity contribution in [2.24, 2.45) is 0 Å². The summed E-state index contributed by atoms with van der Waals surface area (Å²) in [6.45, 7) is 5.08. The van der Waals surface area contributed by atoms with Crippen LogP contribution in [0.2, 0.25) is 0 Å². The monoisotopic (exact) mass is 442 g/mol. The molecule has 2 aromatic rings. The molecule has 2 fully saturated rings. The fraction of sp³-hybridized carbons (Fsp3) is 0.409. The molecule has 1 amide bonds. The summed E-state index contributed by atoms with van der Waals surface area (Å²) in [5, 5.41) is 14.6. The second-order valence-corrected chi connectivity index (χ2v) is 8.78. The minimum atomic E-state index is -0.427. The molecule has 0 atom stereocenters. The maximum absolute atomic E-state index is 12.9. The number of thioether (sulfide) groups is 1. The minimum absolute atomic E-state index is 0.0614. The number of para-hydroxylation sites is 1. The number of hydrogen-bond acceptors (Lipinski definition) is 7. The Morgan fingerprint density at radius 2 is 1.84 bits per heavy atom. The molecule has 31 heavy (non-hydrogen) atoms.